The zero-order chi connectivity index (χ0) is 35.0. The van der Waals surface area contributed by atoms with Crippen LogP contribution in [-0.2, 0) is 26.2 Å². The maximum atomic E-state index is 14.1. The van der Waals surface area contributed by atoms with E-state index in [1.54, 1.807) is 48.5 Å². The zero-order valence-electron chi connectivity index (χ0n) is 27.5. The molecule has 0 fully saturated rings. The van der Waals surface area contributed by atoms with Gasteiger partial charge in [0.05, 0.1) is 11.3 Å². The van der Waals surface area contributed by atoms with Crippen molar-refractivity contribution in [2.75, 3.05) is 0 Å². The van der Waals surface area contributed by atoms with E-state index in [0.717, 1.165) is 39.5 Å². The molecule has 6 heteroatoms. The fourth-order valence-electron chi connectivity index (χ4n) is 8.85. The van der Waals surface area contributed by atoms with Crippen LogP contribution >= 0.6 is 0 Å². The fraction of sp³-hybridized carbons (Fsp3) is 0.111. The first-order valence-corrected chi connectivity index (χ1v) is 16.9. The molecular weight excluding hydrogens is 636 g/mol. The smallest absolute Gasteiger partial charge is 0.335 e. The fourth-order valence-corrected chi connectivity index (χ4v) is 8.85. The molecule has 0 radical (unpaired) electrons. The molecule has 6 aromatic rings. The van der Waals surface area contributed by atoms with Crippen LogP contribution in [0.3, 0.4) is 0 Å². The van der Waals surface area contributed by atoms with Gasteiger partial charge in [0.1, 0.15) is 22.7 Å². The molecule has 4 aliphatic rings. The van der Waals surface area contributed by atoms with Crippen LogP contribution in [0.15, 0.2) is 158 Å². The molecule has 0 spiro atoms. The normalized spacial score (nSPS) is 21.4. The third kappa shape index (κ3) is 4.24. The van der Waals surface area contributed by atoms with Gasteiger partial charge in [-0.3, -0.25) is 4.79 Å². The first kappa shape index (κ1) is 30.9. The molecule has 4 aliphatic carbocycles. The van der Waals surface area contributed by atoms with Crippen molar-refractivity contribution >= 4 is 11.9 Å². The summed E-state index contributed by atoms with van der Waals surface area (Å²) >= 11 is 0. The summed E-state index contributed by atoms with van der Waals surface area (Å²) in [7, 11) is 0. The van der Waals surface area contributed by atoms with Gasteiger partial charge in [0.25, 0.3) is 0 Å². The second kappa shape index (κ2) is 11.2. The Hall–Kier alpha value is -6.08. The molecule has 0 saturated carbocycles. The van der Waals surface area contributed by atoms with Crippen molar-refractivity contribution in [1.29, 1.82) is 0 Å². The molecule has 0 heterocycles. The van der Waals surface area contributed by atoms with Crippen LogP contribution in [0.5, 0.6) is 11.5 Å². The maximum absolute atomic E-state index is 14.1. The summed E-state index contributed by atoms with van der Waals surface area (Å²) < 4.78 is 11.4. The molecular formula is C45H32O6. The summed E-state index contributed by atoms with van der Waals surface area (Å²) in [6.45, 7) is 3.49. The minimum Gasteiger partial charge on any atom is -0.426 e. The Morgan fingerprint density at radius 1 is 0.569 bits per heavy atom. The lowest BCUT2D eigenvalue weighted by Gasteiger charge is -2.53. The van der Waals surface area contributed by atoms with Gasteiger partial charge in [-0.1, -0.05) is 128 Å². The molecule has 2 N–H and O–H groups in total. The highest BCUT2D eigenvalue weighted by Gasteiger charge is 2.62. The molecule has 10 rings (SSSR count). The van der Waals surface area contributed by atoms with Gasteiger partial charge in [0.15, 0.2) is 0 Å². The Morgan fingerprint density at radius 2 is 0.980 bits per heavy atom. The van der Waals surface area contributed by atoms with E-state index in [0.29, 0.717) is 33.8 Å². The van der Waals surface area contributed by atoms with Gasteiger partial charge in [0.2, 0.25) is 0 Å². The molecule has 1 unspecified atom stereocenters. The van der Waals surface area contributed by atoms with Crippen molar-refractivity contribution in [2.45, 2.75) is 23.0 Å². The van der Waals surface area contributed by atoms with Gasteiger partial charge in [-0.25, -0.2) is 4.79 Å². The molecule has 0 amide bonds. The number of fused-ring (bicyclic) bond motifs is 4. The Labute approximate surface area is 294 Å². The molecule has 1 atom stereocenters. The maximum Gasteiger partial charge on any atom is 0.335 e. The van der Waals surface area contributed by atoms with E-state index in [-0.39, 0.29) is 6.42 Å². The van der Waals surface area contributed by atoms with E-state index in [4.69, 9.17) is 9.47 Å². The summed E-state index contributed by atoms with van der Waals surface area (Å²) in [6.07, 6.45) is 1.12. The summed E-state index contributed by atoms with van der Waals surface area (Å²) in [6, 6.07) is 46.1. The van der Waals surface area contributed by atoms with E-state index in [1.165, 1.54) is 0 Å². The van der Waals surface area contributed by atoms with Crippen LogP contribution < -0.4 is 9.47 Å². The Morgan fingerprint density at radius 3 is 1.45 bits per heavy atom. The first-order chi connectivity index (χ1) is 24.8. The number of ether oxygens (including phenoxy) is 2. The Bertz CT molecular complexity index is 2300. The van der Waals surface area contributed by atoms with Gasteiger partial charge < -0.3 is 19.7 Å². The lowest BCUT2D eigenvalue weighted by atomic mass is 9.54. The first-order valence-electron chi connectivity index (χ1n) is 16.9. The van der Waals surface area contributed by atoms with Gasteiger partial charge >= 0.3 is 11.9 Å². The topological polar surface area (TPSA) is 93.1 Å². The van der Waals surface area contributed by atoms with Gasteiger partial charge in [-0.05, 0) is 79.9 Å². The SMILES string of the molecule is C=CC(=O)Oc1ccc(C2(c3ccc(OC(=O)C4CC5(O)c6ccccc6C4(O)c4ccccc45)cc3)c3ccccc3-c3ccccc32)cc1. The lowest BCUT2D eigenvalue weighted by molar-refractivity contribution is -0.157. The Balaban J connectivity index is 1.11. The largest absolute Gasteiger partial charge is 0.426 e. The molecule has 2 bridgehead atoms. The van der Waals surface area contributed by atoms with E-state index in [1.807, 2.05) is 72.8 Å². The minimum absolute atomic E-state index is 0.0107. The standard InChI is InChI=1S/C45H32O6/c1-2-41(46)50-30-23-19-28(20-24-30)44(34-13-5-3-11-32(34)33-12-4-6-14-35(33)44)29-21-25-31(26-22-29)51-42(47)40-27-43(48)36-15-7-9-17-38(36)45(40,49)39-18-10-8-16-37(39)43/h2-26,40,48-49H,1,27H2. The van der Waals surface area contributed by atoms with Crippen LogP contribution in [0.25, 0.3) is 11.1 Å². The third-order valence-electron chi connectivity index (χ3n) is 11.0. The molecule has 6 nitrogen and oxygen atoms in total. The molecule has 248 valence electrons. The second-order valence-corrected chi connectivity index (χ2v) is 13.4. The second-order valence-electron chi connectivity index (χ2n) is 13.4. The number of carbonyl (C=O) groups excluding carboxylic acids is 2. The molecule has 0 aliphatic heterocycles. The predicted molar refractivity (Wildman–Crippen MR) is 192 cm³/mol. The number of esters is 2. The molecule has 51 heavy (non-hydrogen) atoms. The summed E-state index contributed by atoms with van der Waals surface area (Å²) in [4.78, 5) is 26.0. The highest BCUT2D eigenvalue weighted by Crippen LogP contribution is 2.60. The number of rotatable bonds is 6. The predicted octanol–water partition coefficient (Wildman–Crippen LogP) is 7.55. The monoisotopic (exact) mass is 668 g/mol. The van der Waals surface area contributed by atoms with Crippen molar-refractivity contribution in [3.8, 4) is 22.6 Å². The zero-order valence-corrected chi connectivity index (χ0v) is 27.5. The third-order valence-corrected chi connectivity index (χ3v) is 11.0. The van der Waals surface area contributed by atoms with Crippen molar-refractivity contribution in [1.82, 2.24) is 0 Å². The van der Waals surface area contributed by atoms with Crippen LogP contribution in [0.4, 0.5) is 0 Å². The quantitative estimate of drug-likeness (QED) is 0.108. The van der Waals surface area contributed by atoms with Gasteiger partial charge in [-0.2, -0.15) is 0 Å². The number of carbonyl (C=O) groups is 2. The average Bonchev–Trinajstić information content (AvgIpc) is 3.47. The average molecular weight is 669 g/mol. The van der Waals surface area contributed by atoms with Crippen LogP contribution in [0.1, 0.15) is 50.9 Å². The van der Waals surface area contributed by atoms with E-state index >= 15 is 0 Å². The highest BCUT2D eigenvalue weighted by molar-refractivity contribution is 5.87. The van der Waals surface area contributed by atoms with Crippen molar-refractivity contribution in [3.63, 3.8) is 0 Å². The lowest BCUT2D eigenvalue weighted by Crippen LogP contribution is -2.57. The molecule has 6 aromatic carbocycles. The van der Waals surface area contributed by atoms with E-state index in [2.05, 4.69) is 30.8 Å². The molecule has 0 saturated heterocycles. The van der Waals surface area contributed by atoms with Crippen molar-refractivity contribution in [3.05, 3.63) is 203 Å². The number of hydrogen-bond donors (Lipinski definition) is 2. The van der Waals surface area contributed by atoms with E-state index in [9.17, 15) is 19.8 Å². The Kier molecular flexibility index (Phi) is 6.81. The summed E-state index contributed by atoms with van der Waals surface area (Å²) in [5, 5.41) is 24.5. The summed E-state index contributed by atoms with van der Waals surface area (Å²) in [5.41, 5.74) is 4.74. The number of benzene rings is 6. The van der Waals surface area contributed by atoms with Crippen LogP contribution in [-0.4, -0.2) is 22.2 Å². The van der Waals surface area contributed by atoms with Crippen LogP contribution in [0.2, 0.25) is 0 Å². The molecule has 0 aromatic heterocycles. The van der Waals surface area contributed by atoms with Gasteiger partial charge in [0, 0.05) is 12.5 Å². The van der Waals surface area contributed by atoms with Crippen molar-refractivity contribution in [2.24, 2.45) is 5.92 Å². The number of aliphatic hydroxyl groups is 2. The number of hydrogen-bond acceptors (Lipinski definition) is 6. The van der Waals surface area contributed by atoms with Crippen molar-refractivity contribution < 1.29 is 29.3 Å². The van der Waals surface area contributed by atoms with Crippen LogP contribution in [0, 0.1) is 5.92 Å². The summed E-state index contributed by atoms with van der Waals surface area (Å²) in [5.74, 6) is -1.46. The van der Waals surface area contributed by atoms with E-state index < -0.39 is 34.5 Å². The van der Waals surface area contributed by atoms with Gasteiger partial charge in [-0.15, -0.1) is 0 Å². The minimum atomic E-state index is -1.66. The highest BCUT2D eigenvalue weighted by atomic mass is 16.5.